The summed E-state index contributed by atoms with van der Waals surface area (Å²) in [4.78, 5) is 37.5. The quantitative estimate of drug-likeness (QED) is 0.471. The Labute approximate surface area is 182 Å². The maximum Gasteiger partial charge on any atom is 0.326 e. The lowest BCUT2D eigenvalue weighted by atomic mass is 10.2. The van der Waals surface area contributed by atoms with Gasteiger partial charge in [0, 0.05) is 27.1 Å². The summed E-state index contributed by atoms with van der Waals surface area (Å²) < 4.78 is 6.79. The van der Waals surface area contributed by atoms with E-state index in [4.69, 9.17) is 27.9 Å². The summed E-state index contributed by atoms with van der Waals surface area (Å²) in [6.45, 7) is 5.27. The monoisotopic (exact) mass is 452 g/mol. The number of benzene rings is 1. The van der Waals surface area contributed by atoms with Gasteiger partial charge in [-0.15, -0.1) is 0 Å². The van der Waals surface area contributed by atoms with Crippen LogP contribution in [0.4, 0.5) is 4.79 Å². The first-order valence-electron chi connectivity index (χ1n) is 8.77. The van der Waals surface area contributed by atoms with E-state index in [2.05, 4.69) is 0 Å². The molecule has 9 heteroatoms. The molecule has 1 aromatic heterocycles. The van der Waals surface area contributed by atoms with Gasteiger partial charge in [-0.2, -0.15) is 0 Å². The summed E-state index contributed by atoms with van der Waals surface area (Å²) in [6, 6.07) is 7.15. The molecule has 1 aromatic carbocycles. The summed E-state index contributed by atoms with van der Waals surface area (Å²) in [6.07, 6.45) is 1.65. The maximum atomic E-state index is 12.6. The average Bonchev–Trinajstić information content (AvgIpc) is 3.04. The SMILES string of the molecule is CCOC(=O)CN1C(=O)S/C(=C\c2cc(C)n(-c3cc(Cl)cc(Cl)c3)c2C)C1=O. The number of carbonyl (C=O) groups excluding carboxylic acids is 3. The van der Waals surface area contributed by atoms with Crippen molar-refractivity contribution in [3.05, 3.63) is 56.2 Å². The summed E-state index contributed by atoms with van der Waals surface area (Å²) >= 11 is 13.1. The fraction of sp³-hybridized carbons (Fsp3) is 0.250. The van der Waals surface area contributed by atoms with Crippen LogP contribution < -0.4 is 0 Å². The highest BCUT2D eigenvalue weighted by atomic mass is 35.5. The number of imide groups is 1. The Morgan fingerprint density at radius 2 is 1.79 bits per heavy atom. The third kappa shape index (κ3) is 4.52. The topological polar surface area (TPSA) is 68.6 Å². The Morgan fingerprint density at radius 1 is 1.14 bits per heavy atom. The zero-order valence-electron chi connectivity index (χ0n) is 16.0. The van der Waals surface area contributed by atoms with Crippen LogP contribution in [0.1, 0.15) is 23.9 Å². The van der Waals surface area contributed by atoms with Gasteiger partial charge in [0.1, 0.15) is 6.54 Å². The van der Waals surface area contributed by atoms with Crippen molar-refractivity contribution in [3.63, 3.8) is 0 Å². The van der Waals surface area contributed by atoms with Gasteiger partial charge in [-0.1, -0.05) is 23.2 Å². The Bertz CT molecular complexity index is 1030. The Morgan fingerprint density at radius 3 is 2.41 bits per heavy atom. The fourth-order valence-corrected chi connectivity index (χ4v) is 4.46. The van der Waals surface area contributed by atoms with Crippen molar-refractivity contribution in [1.82, 2.24) is 9.47 Å². The van der Waals surface area contributed by atoms with E-state index in [9.17, 15) is 14.4 Å². The van der Waals surface area contributed by atoms with Crippen LogP contribution in [0, 0.1) is 13.8 Å². The normalized spacial score (nSPS) is 15.5. The second-order valence-corrected chi connectivity index (χ2v) is 8.23. The van der Waals surface area contributed by atoms with Gasteiger partial charge in [-0.3, -0.25) is 19.3 Å². The van der Waals surface area contributed by atoms with Crippen LogP contribution in [0.25, 0.3) is 11.8 Å². The number of esters is 1. The van der Waals surface area contributed by atoms with E-state index in [0.29, 0.717) is 10.0 Å². The largest absolute Gasteiger partial charge is 0.465 e. The van der Waals surface area contributed by atoms with Crippen molar-refractivity contribution in [2.45, 2.75) is 20.8 Å². The van der Waals surface area contributed by atoms with Crippen molar-refractivity contribution in [1.29, 1.82) is 0 Å². The number of amides is 2. The highest BCUT2D eigenvalue weighted by Gasteiger charge is 2.36. The van der Waals surface area contributed by atoms with Crippen LogP contribution in [0.2, 0.25) is 10.0 Å². The molecule has 2 aromatic rings. The summed E-state index contributed by atoms with van der Waals surface area (Å²) in [5.41, 5.74) is 3.35. The third-order valence-electron chi connectivity index (χ3n) is 4.33. The number of ether oxygens (including phenoxy) is 1. The van der Waals surface area contributed by atoms with Crippen molar-refractivity contribution in [2.75, 3.05) is 13.2 Å². The van der Waals surface area contributed by atoms with Gasteiger partial charge in [0.05, 0.1) is 11.5 Å². The minimum Gasteiger partial charge on any atom is -0.465 e. The lowest BCUT2D eigenvalue weighted by Gasteiger charge is -2.11. The van der Waals surface area contributed by atoms with Gasteiger partial charge in [0.15, 0.2) is 0 Å². The lowest BCUT2D eigenvalue weighted by molar-refractivity contribution is -0.145. The number of rotatable bonds is 5. The molecule has 2 heterocycles. The number of halogens is 2. The van der Waals surface area contributed by atoms with Gasteiger partial charge >= 0.3 is 5.97 Å². The maximum absolute atomic E-state index is 12.6. The Balaban J connectivity index is 1.93. The molecule has 1 aliphatic heterocycles. The summed E-state index contributed by atoms with van der Waals surface area (Å²) in [5.74, 6) is -1.13. The second-order valence-electron chi connectivity index (χ2n) is 6.36. The highest BCUT2D eigenvalue weighted by molar-refractivity contribution is 8.18. The molecule has 1 saturated heterocycles. The van der Waals surface area contributed by atoms with E-state index in [1.54, 1.807) is 31.2 Å². The van der Waals surface area contributed by atoms with E-state index in [1.807, 2.05) is 24.5 Å². The number of carbonyl (C=O) groups is 3. The van der Waals surface area contributed by atoms with Crippen LogP contribution in [0.3, 0.4) is 0 Å². The number of thioether (sulfide) groups is 1. The number of aryl methyl sites for hydroxylation is 1. The molecule has 0 aliphatic carbocycles. The van der Waals surface area contributed by atoms with E-state index >= 15 is 0 Å². The molecular formula is C20H18Cl2N2O4S. The van der Waals surface area contributed by atoms with Crippen LogP contribution in [-0.2, 0) is 14.3 Å². The number of hydrogen-bond acceptors (Lipinski definition) is 5. The van der Waals surface area contributed by atoms with E-state index < -0.39 is 23.7 Å². The molecule has 0 bridgehead atoms. The second kappa shape index (κ2) is 8.65. The zero-order chi connectivity index (χ0) is 21.3. The van der Waals surface area contributed by atoms with Gasteiger partial charge < -0.3 is 9.30 Å². The lowest BCUT2D eigenvalue weighted by Crippen LogP contribution is -2.34. The molecule has 6 nitrogen and oxygen atoms in total. The minimum atomic E-state index is -0.618. The van der Waals surface area contributed by atoms with Crippen LogP contribution in [0.15, 0.2) is 29.2 Å². The Hall–Kier alpha value is -2.22. The van der Waals surface area contributed by atoms with Crippen molar-refractivity contribution in [2.24, 2.45) is 0 Å². The molecule has 0 unspecified atom stereocenters. The molecule has 29 heavy (non-hydrogen) atoms. The van der Waals surface area contributed by atoms with E-state index in [0.717, 1.165) is 39.3 Å². The average molecular weight is 453 g/mol. The molecule has 3 rings (SSSR count). The Kier molecular flexibility index (Phi) is 6.41. The van der Waals surface area contributed by atoms with Crippen LogP contribution in [-0.4, -0.2) is 39.7 Å². The molecule has 0 saturated carbocycles. The molecule has 0 radical (unpaired) electrons. The number of aromatic nitrogens is 1. The molecule has 0 N–H and O–H groups in total. The molecule has 0 spiro atoms. The summed E-state index contributed by atoms with van der Waals surface area (Å²) in [7, 11) is 0. The number of hydrogen-bond donors (Lipinski definition) is 0. The van der Waals surface area contributed by atoms with E-state index in [-0.39, 0.29) is 11.5 Å². The van der Waals surface area contributed by atoms with Crippen LogP contribution >= 0.6 is 35.0 Å². The first kappa shape index (κ1) is 21.5. The van der Waals surface area contributed by atoms with Crippen molar-refractivity contribution in [3.8, 4) is 5.69 Å². The zero-order valence-corrected chi connectivity index (χ0v) is 18.3. The standard InChI is InChI=1S/C20H18Cl2N2O4S/c1-4-28-18(25)10-23-19(26)17(29-20(23)27)6-13-5-11(2)24(12(13)3)16-8-14(21)7-15(22)9-16/h5-9H,4,10H2,1-3H3/b17-6-. The summed E-state index contributed by atoms with van der Waals surface area (Å²) in [5, 5.41) is 0.535. The molecule has 1 aliphatic rings. The molecule has 1 fully saturated rings. The minimum absolute atomic E-state index is 0.185. The van der Waals surface area contributed by atoms with Crippen molar-refractivity contribution >= 4 is 58.2 Å². The van der Waals surface area contributed by atoms with E-state index in [1.165, 1.54) is 0 Å². The first-order chi connectivity index (χ1) is 13.7. The fourth-order valence-electron chi connectivity index (χ4n) is 3.11. The van der Waals surface area contributed by atoms with Gasteiger partial charge in [-0.05, 0) is 68.4 Å². The predicted octanol–water partition coefficient (Wildman–Crippen LogP) is 5.00. The molecular weight excluding hydrogens is 435 g/mol. The van der Waals surface area contributed by atoms with Gasteiger partial charge in [-0.25, -0.2) is 0 Å². The smallest absolute Gasteiger partial charge is 0.326 e. The predicted molar refractivity (Wildman–Crippen MR) is 115 cm³/mol. The van der Waals surface area contributed by atoms with Gasteiger partial charge in [0.2, 0.25) is 0 Å². The number of nitrogens with zero attached hydrogens (tertiary/aromatic N) is 2. The van der Waals surface area contributed by atoms with Crippen LogP contribution in [0.5, 0.6) is 0 Å². The third-order valence-corrected chi connectivity index (χ3v) is 5.67. The highest BCUT2D eigenvalue weighted by Crippen LogP contribution is 2.34. The van der Waals surface area contributed by atoms with Crippen molar-refractivity contribution < 1.29 is 19.1 Å². The molecule has 2 amide bonds. The van der Waals surface area contributed by atoms with Gasteiger partial charge in [0.25, 0.3) is 11.1 Å². The molecule has 0 atom stereocenters. The molecule has 152 valence electrons. The first-order valence-corrected chi connectivity index (χ1v) is 10.3.